The third-order valence-electron chi connectivity index (χ3n) is 6.55. The van der Waals surface area contributed by atoms with Crippen LogP contribution in [-0.2, 0) is 17.6 Å². The molecule has 3 heteroatoms. The number of carbonyl (C=O) groups is 1. The molecular weight excluding hydrogens is 346 g/mol. The van der Waals surface area contributed by atoms with E-state index in [1.54, 1.807) is 0 Å². The third-order valence-corrected chi connectivity index (χ3v) is 6.55. The van der Waals surface area contributed by atoms with Gasteiger partial charge in [-0.3, -0.25) is 4.79 Å². The minimum absolute atomic E-state index is 0.581. The summed E-state index contributed by atoms with van der Waals surface area (Å²) in [7, 11) is 0. The van der Waals surface area contributed by atoms with Crippen LogP contribution < -0.4 is 5.32 Å². The summed E-state index contributed by atoms with van der Waals surface area (Å²) >= 11 is 0. The molecule has 1 aliphatic heterocycles. The molecule has 28 heavy (non-hydrogen) atoms. The molecule has 1 unspecified atom stereocenters. The van der Waals surface area contributed by atoms with Crippen molar-refractivity contribution in [3.63, 3.8) is 0 Å². The standard InChI is InChI=1S/C25H29NO2/c1-18-7-4-10-22-20(18)13-12-19-8-2-3-9-21(19)23(22)11-5-14-25(24(27)28)15-6-16-26-17-25/h2-4,7-11,26H,5-6,12-17H2,1H3,(H,27,28). The maximum absolute atomic E-state index is 12.0. The monoisotopic (exact) mass is 375 g/mol. The Morgan fingerprint density at radius 2 is 1.96 bits per heavy atom. The molecule has 0 bridgehead atoms. The quantitative estimate of drug-likeness (QED) is 0.810. The van der Waals surface area contributed by atoms with Gasteiger partial charge in [-0.05, 0) is 85.4 Å². The molecule has 1 fully saturated rings. The first-order valence-electron chi connectivity index (χ1n) is 10.4. The Kier molecular flexibility index (Phi) is 5.36. The first-order chi connectivity index (χ1) is 13.6. The molecule has 0 amide bonds. The van der Waals surface area contributed by atoms with E-state index in [0.29, 0.717) is 13.0 Å². The Labute approximate surface area is 167 Å². The number of carboxylic acid groups (broad SMARTS) is 1. The van der Waals surface area contributed by atoms with Crippen molar-refractivity contribution < 1.29 is 9.90 Å². The highest BCUT2D eigenvalue weighted by Gasteiger charge is 2.38. The summed E-state index contributed by atoms with van der Waals surface area (Å²) in [5, 5.41) is 13.2. The predicted octanol–water partition coefficient (Wildman–Crippen LogP) is 4.76. The number of rotatable bonds is 4. The van der Waals surface area contributed by atoms with Crippen LogP contribution in [-0.4, -0.2) is 24.2 Å². The molecule has 1 saturated heterocycles. The lowest BCUT2D eigenvalue weighted by Gasteiger charge is -2.33. The number of carboxylic acids is 1. The highest BCUT2D eigenvalue weighted by Crippen LogP contribution is 2.37. The Morgan fingerprint density at radius 3 is 2.75 bits per heavy atom. The van der Waals surface area contributed by atoms with Crippen LogP contribution in [0.5, 0.6) is 0 Å². The predicted molar refractivity (Wildman–Crippen MR) is 114 cm³/mol. The van der Waals surface area contributed by atoms with Gasteiger partial charge < -0.3 is 10.4 Å². The largest absolute Gasteiger partial charge is 0.481 e. The third kappa shape index (κ3) is 3.51. The van der Waals surface area contributed by atoms with Gasteiger partial charge in [0.1, 0.15) is 0 Å². The molecule has 0 saturated carbocycles. The minimum atomic E-state index is -0.657. The fraction of sp³-hybridized carbons (Fsp3) is 0.400. The number of nitrogens with one attached hydrogen (secondary N) is 1. The van der Waals surface area contributed by atoms with Crippen molar-refractivity contribution in [1.29, 1.82) is 0 Å². The van der Waals surface area contributed by atoms with Crippen molar-refractivity contribution in [3.8, 4) is 0 Å². The van der Waals surface area contributed by atoms with E-state index >= 15 is 0 Å². The van der Waals surface area contributed by atoms with Gasteiger partial charge in [0.2, 0.25) is 0 Å². The molecule has 146 valence electrons. The highest BCUT2D eigenvalue weighted by molar-refractivity contribution is 5.84. The van der Waals surface area contributed by atoms with Crippen LogP contribution in [0.4, 0.5) is 0 Å². The zero-order valence-corrected chi connectivity index (χ0v) is 16.6. The molecule has 2 N–H and O–H groups in total. The summed E-state index contributed by atoms with van der Waals surface area (Å²) < 4.78 is 0. The van der Waals surface area contributed by atoms with Gasteiger partial charge in [0.05, 0.1) is 5.41 Å². The van der Waals surface area contributed by atoms with Gasteiger partial charge in [0, 0.05) is 6.54 Å². The second kappa shape index (κ2) is 7.92. The molecule has 2 aromatic rings. The molecule has 0 aromatic heterocycles. The summed E-state index contributed by atoms with van der Waals surface area (Å²) in [6, 6.07) is 15.2. The van der Waals surface area contributed by atoms with Crippen molar-refractivity contribution in [1.82, 2.24) is 5.32 Å². The number of piperidine rings is 1. The lowest BCUT2D eigenvalue weighted by Crippen LogP contribution is -2.45. The SMILES string of the molecule is Cc1cccc2c1CCc1ccccc1C2=CCCC1(C(=O)O)CCCNC1. The van der Waals surface area contributed by atoms with Crippen molar-refractivity contribution in [2.75, 3.05) is 13.1 Å². The smallest absolute Gasteiger partial charge is 0.310 e. The zero-order chi connectivity index (χ0) is 19.6. The van der Waals surface area contributed by atoms with Crippen LogP contribution in [0.15, 0.2) is 48.5 Å². The van der Waals surface area contributed by atoms with E-state index in [-0.39, 0.29) is 0 Å². The lowest BCUT2D eigenvalue weighted by atomic mass is 9.76. The summed E-state index contributed by atoms with van der Waals surface area (Å²) in [6.45, 7) is 3.70. The Morgan fingerprint density at radius 1 is 1.14 bits per heavy atom. The number of fused-ring (bicyclic) bond motifs is 2. The van der Waals surface area contributed by atoms with Crippen LogP contribution in [0.1, 0.15) is 53.5 Å². The molecule has 1 aliphatic carbocycles. The molecule has 3 nitrogen and oxygen atoms in total. The molecule has 1 heterocycles. The number of benzene rings is 2. The maximum atomic E-state index is 12.0. The van der Waals surface area contributed by atoms with Gasteiger partial charge in [0.25, 0.3) is 0 Å². The maximum Gasteiger partial charge on any atom is 0.310 e. The van der Waals surface area contributed by atoms with Crippen LogP contribution in [0, 0.1) is 12.3 Å². The van der Waals surface area contributed by atoms with E-state index < -0.39 is 11.4 Å². The number of allylic oxidation sites excluding steroid dienone is 1. The van der Waals surface area contributed by atoms with E-state index in [0.717, 1.165) is 38.6 Å². The van der Waals surface area contributed by atoms with E-state index in [1.807, 2.05) is 0 Å². The number of aliphatic carboxylic acids is 1. The molecule has 1 atom stereocenters. The molecule has 2 aromatic carbocycles. The van der Waals surface area contributed by atoms with E-state index in [9.17, 15) is 9.90 Å². The zero-order valence-electron chi connectivity index (χ0n) is 16.6. The molecule has 2 aliphatic rings. The van der Waals surface area contributed by atoms with E-state index in [1.165, 1.54) is 33.4 Å². The van der Waals surface area contributed by atoms with Crippen molar-refractivity contribution in [2.45, 2.75) is 45.4 Å². The van der Waals surface area contributed by atoms with E-state index in [4.69, 9.17) is 0 Å². The average molecular weight is 376 g/mol. The normalized spacial score (nSPS) is 23.0. The van der Waals surface area contributed by atoms with Gasteiger partial charge in [-0.15, -0.1) is 0 Å². The summed E-state index contributed by atoms with van der Waals surface area (Å²) in [6.07, 6.45) is 7.57. The van der Waals surface area contributed by atoms with Crippen molar-refractivity contribution in [3.05, 3.63) is 76.4 Å². The average Bonchev–Trinajstić information content (AvgIpc) is 2.87. The topological polar surface area (TPSA) is 49.3 Å². The van der Waals surface area contributed by atoms with Crippen LogP contribution in [0.3, 0.4) is 0 Å². The van der Waals surface area contributed by atoms with Crippen molar-refractivity contribution in [2.24, 2.45) is 5.41 Å². The minimum Gasteiger partial charge on any atom is -0.481 e. The van der Waals surface area contributed by atoms with E-state index in [2.05, 4.69) is 60.8 Å². The summed E-state index contributed by atoms with van der Waals surface area (Å²) in [4.78, 5) is 12.0. The van der Waals surface area contributed by atoms with Crippen LogP contribution in [0.25, 0.3) is 5.57 Å². The Balaban J connectivity index is 1.70. The Hall–Kier alpha value is -2.39. The second-order valence-corrected chi connectivity index (χ2v) is 8.28. The van der Waals surface area contributed by atoms with Gasteiger partial charge in [0.15, 0.2) is 0 Å². The first-order valence-corrected chi connectivity index (χ1v) is 10.4. The molecule has 0 spiro atoms. The lowest BCUT2D eigenvalue weighted by molar-refractivity contribution is -0.150. The summed E-state index contributed by atoms with van der Waals surface area (Å²) in [5.74, 6) is -0.657. The number of aryl methyl sites for hydroxylation is 2. The number of hydrogen-bond acceptors (Lipinski definition) is 2. The van der Waals surface area contributed by atoms with Crippen LogP contribution in [0.2, 0.25) is 0 Å². The summed E-state index contributed by atoms with van der Waals surface area (Å²) in [5.41, 5.74) is 7.42. The van der Waals surface area contributed by atoms with Gasteiger partial charge in [-0.1, -0.05) is 48.5 Å². The van der Waals surface area contributed by atoms with Gasteiger partial charge >= 0.3 is 5.97 Å². The highest BCUT2D eigenvalue weighted by atomic mass is 16.4. The molecule has 0 radical (unpaired) electrons. The second-order valence-electron chi connectivity index (χ2n) is 8.28. The van der Waals surface area contributed by atoms with Gasteiger partial charge in [-0.2, -0.15) is 0 Å². The molecular formula is C25H29NO2. The fourth-order valence-electron chi connectivity index (χ4n) is 4.88. The Bertz CT molecular complexity index is 907. The molecule has 4 rings (SSSR count). The van der Waals surface area contributed by atoms with Crippen molar-refractivity contribution >= 4 is 11.5 Å². The fourth-order valence-corrected chi connectivity index (χ4v) is 4.88. The first kappa shape index (κ1) is 18.9. The number of hydrogen-bond donors (Lipinski definition) is 2. The van der Waals surface area contributed by atoms with Crippen LogP contribution >= 0.6 is 0 Å². The van der Waals surface area contributed by atoms with Gasteiger partial charge in [-0.25, -0.2) is 0 Å².